The van der Waals surface area contributed by atoms with Crippen molar-refractivity contribution in [2.45, 2.75) is 39.3 Å². The minimum atomic E-state index is -0.332. The highest BCUT2D eigenvalue weighted by Gasteiger charge is 2.15. The third kappa shape index (κ3) is 3.83. The van der Waals surface area contributed by atoms with Crippen molar-refractivity contribution in [3.05, 3.63) is 52.1 Å². The van der Waals surface area contributed by atoms with Gasteiger partial charge in [0.1, 0.15) is 17.2 Å². The number of nitrogens with zero attached hydrogens (tertiary/aromatic N) is 2. The van der Waals surface area contributed by atoms with Gasteiger partial charge in [-0.2, -0.15) is 0 Å². The molecule has 0 aliphatic rings. The topological polar surface area (TPSA) is 64.0 Å². The maximum atomic E-state index is 13.2. The molecule has 0 saturated carbocycles. The molecule has 2 heterocycles. The Kier molecular flexibility index (Phi) is 5.46. The molecule has 0 unspecified atom stereocenters. The number of fused-ring (bicyclic) bond motifs is 1. The number of amides is 1. The highest BCUT2D eigenvalue weighted by atomic mass is 32.1. The Morgan fingerprint density at radius 3 is 2.77 bits per heavy atom. The summed E-state index contributed by atoms with van der Waals surface area (Å²) in [5.41, 5.74) is 1.18. The maximum absolute atomic E-state index is 13.2. The van der Waals surface area contributed by atoms with Crippen molar-refractivity contribution in [2.24, 2.45) is 0 Å². The maximum Gasteiger partial charge on any atom is 0.263 e. The molecule has 0 radical (unpaired) electrons. The van der Waals surface area contributed by atoms with E-state index in [4.69, 9.17) is 0 Å². The number of hydrogen-bond acceptors (Lipinski definition) is 4. The van der Waals surface area contributed by atoms with Crippen LogP contribution in [0.15, 0.2) is 40.8 Å². The van der Waals surface area contributed by atoms with Crippen molar-refractivity contribution < 1.29 is 9.18 Å². The second-order valence-electron chi connectivity index (χ2n) is 6.27. The van der Waals surface area contributed by atoms with Crippen molar-refractivity contribution in [1.82, 2.24) is 14.9 Å². The molecule has 26 heavy (non-hydrogen) atoms. The zero-order valence-corrected chi connectivity index (χ0v) is 15.5. The fourth-order valence-electron chi connectivity index (χ4n) is 2.90. The summed E-state index contributed by atoms with van der Waals surface area (Å²) >= 11 is 1.35. The smallest absolute Gasteiger partial charge is 0.263 e. The van der Waals surface area contributed by atoms with Gasteiger partial charge < -0.3 is 5.32 Å². The number of halogens is 1. The van der Waals surface area contributed by atoms with Crippen LogP contribution in [0.4, 0.5) is 4.39 Å². The first-order valence-corrected chi connectivity index (χ1v) is 9.39. The predicted molar refractivity (Wildman–Crippen MR) is 102 cm³/mol. The first-order chi connectivity index (χ1) is 12.5. The van der Waals surface area contributed by atoms with Crippen molar-refractivity contribution >= 4 is 27.5 Å². The van der Waals surface area contributed by atoms with Gasteiger partial charge in [-0.05, 0) is 31.0 Å². The minimum absolute atomic E-state index is 0.0656. The van der Waals surface area contributed by atoms with Gasteiger partial charge in [-0.25, -0.2) is 9.37 Å². The standard InChI is InChI=1S/C19H20FN3O2S/c1-3-4-12(2)22-16(24)9-23-11-21-18-17(19(23)25)15(10-26-18)13-5-7-14(20)8-6-13/h5-8,10-12H,3-4,9H2,1-2H3,(H,22,24)/t12-/m0/s1. The number of carbonyl (C=O) groups excluding carboxylic acids is 1. The van der Waals surface area contributed by atoms with Crippen LogP contribution in [0.3, 0.4) is 0 Å². The van der Waals surface area contributed by atoms with Crippen molar-refractivity contribution in [2.75, 3.05) is 0 Å². The molecule has 0 aliphatic heterocycles. The molecule has 7 heteroatoms. The first kappa shape index (κ1) is 18.3. The average Bonchev–Trinajstić information content (AvgIpc) is 3.03. The van der Waals surface area contributed by atoms with E-state index in [-0.39, 0.29) is 29.9 Å². The number of nitrogens with one attached hydrogen (secondary N) is 1. The van der Waals surface area contributed by atoms with Crippen molar-refractivity contribution in [1.29, 1.82) is 0 Å². The Labute approximate surface area is 154 Å². The second kappa shape index (κ2) is 7.78. The lowest BCUT2D eigenvalue weighted by Crippen LogP contribution is -2.37. The predicted octanol–water partition coefficient (Wildman–Crippen LogP) is 3.57. The summed E-state index contributed by atoms with van der Waals surface area (Å²) in [5.74, 6) is -0.547. The average molecular weight is 373 g/mol. The minimum Gasteiger partial charge on any atom is -0.352 e. The summed E-state index contributed by atoms with van der Waals surface area (Å²) < 4.78 is 14.5. The zero-order valence-electron chi connectivity index (χ0n) is 14.7. The highest BCUT2D eigenvalue weighted by Crippen LogP contribution is 2.30. The van der Waals surface area contributed by atoms with Gasteiger partial charge in [-0.15, -0.1) is 11.3 Å². The zero-order chi connectivity index (χ0) is 18.7. The van der Waals surface area contributed by atoms with Crippen molar-refractivity contribution in [3.63, 3.8) is 0 Å². The normalized spacial score (nSPS) is 12.3. The van der Waals surface area contributed by atoms with Crippen molar-refractivity contribution in [3.8, 4) is 11.1 Å². The van der Waals surface area contributed by atoms with Crippen LogP contribution in [0.5, 0.6) is 0 Å². The lowest BCUT2D eigenvalue weighted by atomic mass is 10.1. The van der Waals surface area contributed by atoms with Crippen LogP contribution in [0.2, 0.25) is 0 Å². The van der Waals surface area contributed by atoms with E-state index in [0.717, 1.165) is 18.4 Å². The molecule has 0 fully saturated rings. The van der Waals surface area contributed by atoms with Gasteiger partial charge in [-0.3, -0.25) is 14.2 Å². The van der Waals surface area contributed by atoms with Gasteiger partial charge in [-0.1, -0.05) is 25.5 Å². The SMILES string of the molecule is CCC[C@H](C)NC(=O)Cn1cnc2scc(-c3ccc(F)cc3)c2c1=O. The van der Waals surface area contributed by atoms with Crippen LogP contribution in [0, 0.1) is 5.82 Å². The molecule has 1 N–H and O–H groups in total. The fourth-order valence-corrected chi connectivity index (χ4v) is 3.81. The van der Waals surface area contributed by atoms with Gasteiger partial charge in [0.25, 0.3) is 5.56 Å². The summed E-state index contributed by atoms with van der Waals surface area (Å²) in [6, 6.07) is 6.04. The second-order valence-corrected chi connectivity index (χ2v) is 7.13. The molecular weight excluding hydrogens is 353 g/mol. The molecule has 1 amide bonds. The summed E-state index contributed by atoms with van der Waals surface area (Å²) in [6.45, 7) is 3.92. The van der Waals surface area contributed by atoms with E-state index >= 15 is 0 Å². The Morgan fingerprint density at radius 1 is 1.35 bits per heavy atom. The Hall–Kier alpha value is -2.54. The monoisotopic (exact) mass is 373 g/mol. The Balaban J connectivity index is 1.93. The number of thiophene rings is 1. The van der Waals surface area contributed by atoms with Gasteiger partial charge in [0.05, 0.1) is 11.7 Å². The largest absolute Gasteiger partial charge is 0.352 e. The Bertz CT molecular complexity index is 979. The van der Waals surface area contributed by atoms with E-state index in [0.29, 0.717) is 15.8 Å². The molecular formula is C19H20FN3O2S. The van der Waals surface area contributed by atoms with Crippen LogP contribution >= 0.6 is 11.3 Å². The molecule has 1 aromatic carbocycles. The third-order valence-electron chi connectivity index (χ3n) is 4.16. The quantitative estimate of drug-likeness (QED) is 0.718. The molecule has 5 nitrogen and oxygen atoms in total. The molecule has 3 aromatic rings. The van der Waals surface area contributed by atoms with Crippen LogP contribution in [-0.4, -0.2) is 21.5 Å². The lowest BCUT2D eigenvalue weighted by Gasteiger charge is -2.13. The van der Waals surface area contributed by atoms with E-state index in [1.54, 1.807) is 12.1 Å². The molecule has 0 bridgehead atoms. The first-order valence-electron chi connectivity index (χ1n) is 8.51. The molecule has 0 saturated heterocycles. The van der Waals surface area contributed by atoms with Crippen LogP contribution in [0.1, 0.15) is 26.7 Å². The molecule has 136 valence electrons. The third-order valence-corrected chi connectivity index (χ3v) is 5.05. The van der Waals surface area contributed by atoms with Crippen LogP contribution in [-0.2, 0) is 11.3 Å². The highest BCUT2D eigenvalue weighted by molar-refractivity contribution is 7.17. The van der Waals surface area contributed by atoms with E-state index in [1.165, 1.54) is 34.4 Å². The number of hydrogen-bond donors (Lipinski definition) is 1. The summed E-state index contributed by atoms with van der Waals surface area (Å²) in [6.07, 6.45) is 3.27. The fraction of sp³-hybridized carbons (Fsp3) is 0.316. The van der Waals surface area contributed by atoms with E-state index in [1.807, 2.05) is 12.3 Å². The summed E-state index contributed by atoms with van der Waals surface area (Å²) in [7, 11) is 0. The van der Waals surface area contributed by atoms with Gasteiger partial charge >= 0.3 is 0 Å². The van der Waals surface area contributed by atoms with Crippen LogP contribution in [0.25, 0.3) is 21.3 Å². The number of aromatic nitrogens is 2. The van der Waals surface area contributed by atoms with Gasteiger partial charge in [0, 0.05) is 17.0 Å². The molecule has 1 atom stereocenters. The van der Waals surface area contributed by atoms with E-state index in [2.05, 4.69) is 17.2 Å². The van der Waals surface area contributed by atoms with Crippen LogP contribution < -0.4 is 10.9 Å². The summed E-state index contributed by atoms with van der Waals surface area (Å²) in [4.78, 5) is 30.0. The molecule has 0 aliphatic carbocycles. The van der Waals surface area contributed by atoms with Gasteiger partial charge in [0.2, 0.25) is 5.91 Å². The molecule has 0 spiro atoms. The van der Waals surface area contributed by atoms with E-state index in [9.17, 15) is 14.0 Å². The Morgan fingerprint density at radius 2 is 2.08 bits per heavy atom. The lowest BCUT2D eigenvalue weighted by molar-refractivity contribution is -0.122. The number of benzene rings is 1. The van der Waals surface area contributed by atoms with Gasteiger partial charge in [0.15, 0.2) is 0 Å². The van der Waals surface area contributed by atoms with E-state index < -0.39 is 0 Å². The summed E-state index contributed by atoms with van der Waals surface area (Å²) in [5, 5.41) is 5.18. The number of rotatable bonds is 6. The molecule has 2 aromatic heterocycles. The molecule has 3 rings (SSSR count). The number of carbonyl (C=O) groups is 1.